The number of carbonyl (C=O) groups is 1. The second-order valence-electron chi connectivity index (χ2n) is 8.68. The zero-order chi connectivity index (χ0) is 25.8. The summed E-state index contributed by atoms with van der Waals surface area (Å²) in [7, 11) is 0. The van der Waals surface area contributed by atoms with E-state index in [2.05, 4.69) is 15.1 Å². The number of nitrogens with two attached hydrogens (primary N) is 1. The third kappa shape index (κ3) is 4.66. The first-order valence-electron chi connectivity index (χ1n) is 12.1. The number of aromatic amines is 1. The average Bonchev–Trinajstić information content (AvgIpc) is 3.26. The summed E-state index contributed by atoms with van der Waals surface area (Å²) >= 11 is 0. The van der Waals surface area contributed by atoms with Crippen LogP contribution in [-0.2, 0) is 6.54 Å². The number of rotatable bonds is 9. The molecule has 3 N–H and O–H groups in total. The minimum atomic E-state index is -0.703. The Morgan fingerprint density at radius 1 is 1.14 bits per heavy atom. The zero-order valence-electron chi connectivity index (χ0n) is 20.7. The van der Waals surface area contributed by atoms with Gasteiger partial charge in [0.25, 0.3) is 17.2 Å². The van der Waals surface area contributed by atoms with Gasteiger partial charge in [0.15, 0.2) is 5.69 Å². The number of pyridine rings is 1. The number of fused-ring (bicyclic) bond motifs is 1. The van der Waals surface area contributed by atoms with Crippen molar-refractivity contribution in [2.24, 2.45) is 0 Å². The van der Waals surface area contributed by atoms with E-state index in [0.29, 0.717) is 41.7 Å². The highest BCUT2D eigenvalue weighted by molar-refractivity contribution is 6.14. The van der Waals surface area contributed by atoms with Gasteiger partial charge in [-0.05, 0) is 25.8 Å². The fourth-order valence-corrected chi connectivity index (χ4v) is 4.17. The Hall–Kier alpha value is -4.21. The van der Waals surface area contributed by atoms with E-state index < -0.39 is 17.2 Å². The minimum absolute atomic E-state index is 0.0303. The number of H-pyrrole nitrogens is 1. The molecule has 0 aliphatic rings. The van der Waals surface area contributed by atoms with Gasteiger partial charge in [0.05, 0.1) is 22.3 Å². The summed E-state index contributed by atoms with van der Waals surface area (Å²) in [4.78, 5) is 47.9. The lowest BCUT2D eigenvalue weighted by Gasteiger charge is -2.25. The lowest BCUT2D eigenvalue weighted by atomic mass is 10.0. The van der Waals surface area contributed by atoms with Crippen molar-refractivity contribution in [3.05, 3.63) is 68.5 Å². The molecule has 0 unspecified atom stereocenters. The molecule has 0 saturated carbocycles. The molecular weight excluding hydrogens is 460 g/mol. The number of aryl methyl sites for hydroxylation is 1. The number of benzene rings is 1. The van der Waals surface area contributed by atoms with Crippen LogP contribution in [0.4, 0.5) is 11.5 Å². The maximum atomic E-state index is 14.1. The predicted molar refractivity (Wildman–Crippen MR) is 139 cm³/mol. The number of nitrogen functional groups attached to an aromatic ring is 1. The number of nitrogens with one attached hydrogen (secondary N) is 1. The van der Waals surface area contributed by atoms with Crippen molar-refractivity contribution >= 4 is 28.5 Å². The molecule has 4 aromatic rings. The fourth-order valence-electron chi connectivity index (χ4n) is 4.17. The molecule has 0 aliphatic carbocycles. The molecule has 0 fully saturated rings. The predicted octanol–water partition coefficient (Wildman–Crippen LogP) is 3.88. The first kappa shape index (κ1) is 24.9. The molecule has 1 amide bonds. The number of carbonyl (C=O) groups excluding carboxylic acids is 1. The van der Waals surface area contributed by atoms with E-state index in [4.69, 9.17) is 10.3 Å². The summed E-state index contributed by atoms with van der Waals surface area (Å²) in [6.45, 7) is 6.29. The van der Waals surface area contributed by atoms with Crippen LogP contribution in [0.1, 0.15) is 55.6 Å². The van der Waals surface area contributed by atoms with Gasteiger partial charge in [-0.15, -0.1) is 0 Å². The summed E-state index contributed by atoms with van der Waals surface area (Å²) in [5, 5.41) is 4.48. The minimum Gasteiger partial charge on any atom is -0.383 e. The van der Waals surface area contributed by atoms with Crippen molar-refractivity contribution in [1.82, 2.24) is 19.7 Å². The third-order valence-electron chi connectivity index (χ3n) is 6.12. The SMILES string of the molecule is CCCCN(C(=O)c1cc(-c2ccccc2)nc2onc(C)c12)c1c(N)n(CCCC)c(=O)[nH]c1=O. The Bertz CT molecular complexity index is 1500. The molecule has 0 atom stereocenters. The highest BCUT2D eigenvalue weighted by Gasteiger charge is 2.28. The van der Waals surface area contributed by atoms with Crippen LogP contribution in [0.5, 0.6) is 0 Å². The maximum Gasteiger partial charge on any atom is 0.330 e. The Morgan fingerprint density at radius 3 is 2.56 bits per heavy atom. The van der Waals surface area contributed by atoms with E-state index in [0.717, 1.165) is 18.4 Å². The Morgan fingerprint density at radius 2 is 1.86 bits per heavy atom. The van der Waals surface area contributed by atoms with Crippen LogP contribution < -0.4 is 21.9 Å². The topological polar surface area (TPSA) is 140 Å². The number of anilines is 2. The zero-order valence-corrected chi connectivity index (χ0v) is 20.7. The highest BCUT2D eigenvalue weighted by atomic mass is 16.5. The second kappa shape index (κ2) is 10.6. The van der Waals surface area contributed by atoms with Crippen LogP contribution in [0.15, 0.2) is 50.5 Å². The van der Waals surface area contributed by atoms with Crippen LogP contribution in [0.25, 0.3) is 22.4 Å². The van der Waals surface area contributed by atoms with Gasteiger partial charge in [-0.3, -0.25) is 19.1 Å². The summed E-state index contributed by atoms with van der Waals surface area (Å²) in [6.07, 6.45) is 2.94. The summed E-state index contributed by atoms with van der Waals surface area (Å²) in [6, 6.07) is 11.1. The van der Waals surface area contributed by atoms with Crippen molar-refractivity contribution < 1.29 is 9.32 Å². The molecule has 10 nitrogen and oxygen atoms in total. The van der Waals surface area contributed by atoms with E-state index in [1.54, 1.807) is 13.0 Å². The molecule has 1 aromatic carbocycles. The van der Waals surface area contributed by atoms with Gasteiger partial charge < -0.3 is 15.2 Å². The van der Waals surface area contributed by atoms with Gasteiger partial charge in [-0.2, -0.15) is 0 Å². The molecular formula is C26H30N6O4. The molecule has 4 rings (SSSR count). The summed E-state index contributed by atoms with van der Waals surface area (Å²) < 4.78 is 6.74. The highest BCUT2D eigenvalue weighted by Crippen LogP contribution is 2.30. The molecule has 10 heteroatoms. The van der Waals surface area contributed by atoms with Gasteiger partial charge in [0, 0.05) is 18.7 Å². The van der Waals surface area contributed by atoms with Gasteiger partial charge in [-0.25, -0.2) is 9.78 Å². The number of unbranched alkanes of at least 4 members (excludes halogenated alkanes) is 2. The van der Waals surface area contributed by atoms with Crippen LogP contribution in [0.3, 0.4) is 0 Å². The van der Waals surface area contributed by atoms with Crippen molar-refractivity contribution in [3.63, 3.8) is 0 Å². The van der Waals surface area contributed by atoms with E-state index in [-0.39, 0.29) is 23.8 Å². The number of hydrogen-bond donors (Lipinski definition) is 2. The standard InChI is InChI=1S/C26H30N6O4/c1-4-6-13-31(21-22(27)32(14-7-5-2)26(35)29-23(21)33)25(34)18-15-19(17-11-9-8-10-12-17)28-24-20(18)16(3)30-36-24/h8-12,15H,4-7,13-14,27H2,1-3H3,(H,29,33,35). The van der Waals surface area contributed by atoms with Crippen LogP contribution >= 0.6 is 0 Å². The smallest absolute Gasteiger partial charge is 0.330 e. The summed E-state index contributed by atoms with van der Waals surface area (Å²) in [5.74, 6) is -0.477. The van der Waals surface area contributed by atoms with Crippen LogP contribution in [-0.4, -0.2) is 32.1 Å². The molecule has 0 spiro atoms. The van der Waals surface area contributed by atoms with E-state index in [9.17, 15) is 14.4 Å². The number of amides is 1. The van der Waals surface area contributed by atoms with Crippen molar-refractivity contribution in [2.75, 3.05) is 17.2 Å². The number of hydrogen-bond acceptors (Lipinski definition) is 7. The molecule has 3 aromatic heterocycles. The van der Waals surface area contributed by atoms with Gasteiger partial charge in [0.1, 0.15) is 5.82 Å². The average molecular weight is 491 g/mol. The quantitative estimate of drug-likeness (QED) is 0.363. The first-order valence-corrected chi connectivity index (χ1v) is 12.1. The van der Waals surface area contributed by atoms with E-state index >= 15 is 0 Å². The lowest BCUT2D eigenvalue weighted by molar-refractivity contribution is 0.0987. The first-order chi connectivity index (χ1) is 17.4. The van der Waals surface area contributed by atoms with Crippen LogP contribution in [0.2, 0.25) is 0 Å². The summed E-state index contributed by atoms with van der Waals surface area (Å²) in [5.41, 5.74) is 7.38. The second-order valence-corrected chi connectivity index (χ2v) is 8.68. The van der Waals surface area contributed by atoms with Crippen molar-refractivity contribution in [1.29, 1.82) is 0 Å². The van der Waals surface area contributed by atoms with E-state index in [1.807, 2.05) is 44.2 Å². The van der Waals surface area contributed by atoms with E-state index in [1.165, 1.54) is 9.47 Å². The molecule has 0 bridgehead atoms. The maximum absolute atomic E-state index is 14.1. The number of aromatic nitrogens is 4. The molecule has 0 radical (unpaired) electrons. The fraction of sp³-hybridized carbons (Fsp3) is 0.346. The van der Waals surface area contributed by atoms with Crippen molar-refractivity contribution in [2.45, 2.75) is 53.0 Å². The Kier molecular flexibility index (Phi) is 7.33. The van der Waals surface area contributed by atoms with Gasteiger partial charge in [0.2, 0.25) is 0 Å². The molecule has 36 heavy (non-hydrogen) atoms. The van der Waals surface area contributed by atoms with Gasteiger partial charge in [-0.1, -0.05) is 62.2 Å². The number of nitrogens with zero attached hydrogens (tertiary/aromatic N) is 4. The monoisotopic (exact) mass is 490 g/mol. The molecule has 0 aliphatic heterocycles. The normalized spacial score (nSPS) is 11.2. The molecule has 188 valence electrons. The van der Waals surface area contributed by atoms with Gasteiger partial charge >= 0.3 is 5.69 Å². The molecule has 3 heterocycles. The largest absolute Gasteiger partial charge is 0.383 e. The molecule has 0 saturated heterocycles. The third-order valence-corrected chi connectivity index (χ3v) is 6.12. The Labute approximate surface area is 207 Å². The van der Waals surface area contributed by atoms with Crippen LogP contribution in [0, 0.1) is 6.92 Å². The van der Waals surface area contributed by atoms with Crippen molar-refractivity contribution in [3.8, 4) is 11.3 Å². The lowest BCUT2D eigenvalue weighted by Crippen LogP contribution is -2.41. The Balaban J connectivity index is 1.92.